The van der Waals surface area contributed by atoms with Gasteiger partial charge in [-0.15, -0.1) is 37.2 Å². The Kier molecular flexibility index (Phi) is 18.8. The summed E-state index contributed by atoms with van der Waals surface area (Å²) in [7, 11) is 0. The van der Waals surface area contributed by atoms with Crippen LogP contribution in [-0.2, 0) is 4.79 Å². The minimum atomic E-state index is -4.79. The predicted molar refractivity (Wildman–Crippen MR) is 92.2 cm³/mol. The van der Waals surface area contributed by atoms with Crippen molar-refractivity contribution in [3.63, 3.8) is 0 Å². The average Bonchev–Trinajstić information content (AvgIpc) is 2.39. The van der Waals surface area contributed by atoms with E-state index in [1.807, 2.05) is 0 Å². The number of alkyl halides is 3. The molecule has 0 radical (unpaired) electrons. The van der Waals surface area contributed by atoms with Gasteiger partial charge < -0.3 is 20.9 Å². The van der Waals surface area contributed by atoms with E-state index in [1.54, 1.807) is 0 Å². The number of carbonyl (C=O) groups is 1. The van der Waals surface area contributed by atoms with Crippen LogP contribution in [-0.4, -0.2) is 69.3 Å². The Morgan fingerprint density at radius 3 is 1.74 bits per heavy atom. The Morgan fingerprint density at radius 1 is 0.739 bits per heavy atom. The molecule has 0 saturated carbocycles. The van der Waals surface area contributed by atoms with Gasteiger partial charge in [0.15, 0.2) is 0 Å². The maximum Gasteiger partial charge on any atom is 0.471 e. The highest BCUT2D eigenvalue weighted by Crippen LogP contribution is 2.18. The number of rotatable bonds is 0. The lowest BCUT2D eigenvalue weighted by Gasteiger charge is -2.24. The highest BCUT2D eigenvalue weighted by atomic mass is 35.5. The second kappa shape index (κ2) is 15.5. The fraction of sp³-hybridized carbons (Fsp3) is 0.917. The number of nitrogens with zero attached hydrogens (tertiary/aromatic N) is 1. The molecule has 142 valence electrons. The summed E-state index contributed by atoms with van der Waals surface area (Å²) in [6.45, 7) is 4.43. The summed E-state index contributed by atoms with van der Waals surface area (Å²) in [5, 5.41) is 9.47. The first-order valence-electron chi connectivity index (χ1n) is 7.00. The van der Waals surface area contributed by atoms with Crippen molar-refractivity contribution in [2.45, 2.75) is 19.0 Å². The zero-order valence-corrected chi connectivity index (χ0v) is 15.2. The standard InChI is InChI=1S/C12H23F3N4O.3ClH/c13-12(14,15)11(20)19-9-2-5-17-7-6-16-3-1-4-18-8-10-19;;;/h16-18H,1-10H2;3*1H. The first-order chi connectivity index (χ1) is 9.52. The molecule has 0 aromatic heterocycles. The van der Waals surface area contributed by atoms with E-state index in [0.29, 0.717) is 19.5 Å². The van der Waals surface area contributed by atoms with Crippen LogP contribution < -0.4 is 16.0 Å². The van der Waals surface area contributed by atoms with Gasteiger partial charge in [-0.1, -0.05) is 0 Å². The van der Waals surface area contributed by atoms with Crippen LogP contribution in [0.3, 0.4) is 0 Å². The number of amides is 1. The van der Waals surface area contributed by atoms with Crippen LogP contribution in [0.15, 0.2) is 0 Å². The molecule has 1 heterocycles. The molecule has 1 aliphatic rings. The van der Waals surface area contributed by atoms with Gasteiger partial charge in [-0.05, 0) is 32.5 Å². The summed E-state index contributed by atoms with van der Waals surface area (Å²) in [6, 6.07) is 0. The van der Waals surface area contributed by atoms with Crippen molar-refractivity contribution in [1.29, 1.82) is 0 Å². The van der Waals surface area contributed by atoms with Gasteiger partial charge in [-0.25, -0.2) is 0 Å². The molecule has 0 aliphatic carbocycles. The Morgan fingerprint density at radius 2 is 1.22 bits per heavy atom. The first kappa shape index (κ1) is 27.8. The van der Waals surface area contributed by atoms with Crippen LogP contribution in [0.2, 0.25) is 0 Å². The molecule has 1 fully saturated rings. The number of hydrogen-bond acceptors (Lipinski definition) is 4. The van der Waals surface area contributed by atoms with Gasteiger partial charge in [-0.2, -0.15) is 13.2 Å². The fourth-order valence-electron chi connectivity index (χ4n) is 1.99. The summed E-state index contributed by atoms with van der Waals surface area (Å²) in [5.41, 5.74) is 0. The van der Waals surface area contributed by atoms with Gasteiger partial charge in [-0.3, -0.25) is 4.79 Å². The maximum atomic E-state index is 12.5. The lowest BCUT2D eigenvalue weighted by atomic mass is 10.3. The van der Waals surface area contributed by atoms with Crippen molar-refractivity contribution >= 4 is 43.1 Å². The highest BCUT2D eigenvalue weighted by Gasteiger charge is 2.41. The summed E-state index contributed by atoms with van der Waals surface area (Å²) < 4.78 is 37.4. The molecule has 0 spiro atoms. The first-order valence-corrected chi connectivity index (χ1v) is 7.00. The molecule has 11 heteroatoms. The predicted octanol–water partition coefficient (Wildman–Crippen LogP) is 1.21. The highest BCUT2D eigenvalue weighted by molar-refractivity contribution is 5.86. The van der Waals surface area contributed by atoms with Crippen LogP contribution >= 0.6 is 37.2 Å². The van der Waals surface area contributed by atoms with Crippen molar-refractivity contribution in [2.24, 2.45) is 0 Å². The average molecular weight is 406 g/mol. The third kappa shape index (κ3) is 13.0. The number of nitrogens with one attached hydrogen (secondary N) is 3. The molecule has 1 saturated heterocycles. The van der Waals surface area contributed by atoms with Gasteiger partial charge >= 0.3 is 12.1 Å². The minimum Gasteiger partial charge on any atom is -0.334 e. The van der Waals surface area contributed by atoms with Crippen LogP contribution in [0.4, 0.5) is 13.2 Å². The second-order valence-corrected chi connectivity index (χ2v) is 4.75. The molecule has 1 rings (SSSR count). The third-order valence-corrected chi connectivity index (χ3v) is 3.06. The molecule has 0 unspecified atom stereocenters. The zero-order valence-electron chi connectivity index (χ0n) is 12.8. The molecule has 0 bridgehead atoms. The van der Waals surface area contributed by atoms with Gasteiger partial charge in [0, 0.05) is 32.7 Å². The van der Waals surface area contributed by atoms with Gasteiger partial charge in [0.25, 0.3) is 0 Å². The fourth-order valence-corrected chi connectivity index (χ4v) is 1.99. The molecule has 3 N–H and O–H groups in total. The van der Waals surface area contributed by atoms with Crippen LogP contribution in [0.1, 0.15) is 12.8 Å². The molecule has 1 amide bonds. The van der Waals surface area contributed by atoms with Crippen molar-refractivity contribution in [3.8, 4) is 0 Å². The van der Waals surface area contributed by atoms with Crippen LogP contribution in [0.5, 0.6) is 0 Å². The van der Waals surface area contributed by atoms with E-state index in [2.05, 4.69) is 16.0 Å². The second-order valence-electron chi connectivity index (χ2n) is 4.75. The molecule has 0 aromatic carbocycles. The normalized spacial score (nSPS) is 18.5. The molecular weight excluding hydrogens is 380 g/mol. The van der Waals surface area contributed by atoms with Crippen LogP contribution in [0.25, 0.3) is 0 Å². The summed E-state index contributed by atoms with van der Waals surface area (Å²) in [5.74, 6) is -1.74. The Labute approximate surface area is 153 Å². The summed E-state index contributed by atoms with van der Waals surface area (Å²) in [6.07, 6.45) is -3.36. The van der Waals surface area contributed by atoms with Gasteiger partial charge in [0.1, 0.15) is 0 Å². The summed E-state index contributed by atoms with van der Waals surface area (Å²) >= 11 is 0. The largest absolute Gasteiger partial charge is 0.471 e. The molecule has 23 heavy (non-hydrogen) atoms. The van der Waals surface area contributed by atoms with E-state index in [4.69, 9.17) is 0 Å². The number of hydrogen-bond donors (Lipinski definition) is 3. The zero-order chi connectivity index (χ0) is 14.8. The monoisotopic (exact) mass is 404 g/mol. The third-order valence-electron chi connectivity index (χ3n) is 3.06. The van der Waals surface area contributed by atoms with E-state index in [0.717, 1.165) is 37.5 Å². The Bertz CT molecular complexity index is 285. The quantitative estimate of drug-likeness (QED) is 0.567. The maximum absolute atomic E-state index is 12.5. The Balaban J connectivity index is -0.00000133. The summed E-state index contributed by atoms with van der Waals surface area (Å²) in [4.78, 5) is 12.2. The van der Waals surface area contributed by atoms with Crippen LogP contribution in [0, 0.1) is 0 Å². The SMILES string of the molecule is Cl.Cl.Cl.O=C(N1CCCNCCNCCCNCC1)C(F)(F)F. The van der Waals surface area contributed by atoms with E-state index in [1.165, 1.54) is 0 Å². The lowest BCUT2D eigenvalue weighted by molar-refractivity contribution is -0.185. The molecule has 1 aliphatic heterocycles. The van der Waals surface area contributed by atoms with E-state index in [9.17, 15) is 18.0 Å². The Hall–Kier alpha value is 0.01000. The minimum absolute atomic E-state index is 0. The molecular formula is C12H26Cl3F3N4O. The molecule has 5 nitrogen and oxygen atoms in total. The smallest absolute Gasteiger partial charge is 0.334 e. The van der Waals surface area contributed by atoms with Gasteiger partial charge in [0.05, 0.1) is 0 Å². The van der Waals surface area contributed by atoms with Gasteiger partial charge in [0.2, 0.25) is 0 Å². The van der Waals surface area contributed by atoms with Crippen molar-refractivity contribution in [2.75, 3.05) is 52.4 Å². The van der Waals surface area contributed by atoms with Crippen molar-refractivity contribution in [3.05, 3.63) is 0 Å². The molecule has 0 atom stereocenters. The number of halogens is 6. The lowest BCUT2D eigenvalue weighted by Crippen LogP contribution is -2.45. The van der Waals surface area contributed by atoms with E-state index >= 15 is 0 Å². The van der Waals surface area contributed by atoms with E-state index < -0.39 is 12.1 Å². The molecule has 0 aromatic rings. The van der Waals surface area contributed by atoms with Crippen molar-refractivity contribution in [1.82, 2.24) is 20.9 Å². The van der Waals surface area contributed by atoms with Crippen molar-refractivity contribution < 1.29 is 18.0 Å². The topological polar surface area (TPSA) is 56.4 Å². The number of carbonyl (C=O) groups excluding carboxylic acids is 1. The van der Waals surface area contributed by atoms with E-state index in [-0.39, 0.29) is 50.3 Å².